The summed E-state index contributed by atoms with van der Waals surface area (Å²) in [5, 5.41) is 10.1. The van der Waals surface area contributed by atoms with Crippen molar-refractivity contribution in [3.63, 3.8) is 0 Å². The summed E-state index contributed by atoms with van der Waals surface area (Å²) >= 11 is 1.68. The average Bonchev–Trinajstić information content (AvgIpc) is 3.11. The third-order valence-corrected chi connectivity index (χ3v) is 4.72. The first-order chi connectivity index (χ1) is 12.2. The highest BCUT2D eigenvalue weighted by atomic mass is 32.1. The van der Waals surface area contributed by atoms with Crippen molar-refractivity contribution >= 4 is 23.2 Å². The van der Waals surface area contributed by atoms with E-state index in [-0.39, 0.29) is 12.5 Å². The minimum atomic E-state index is -0.0543. The lowest BCUT2D eigenvalue weighted by Gasteiger charge is -2.11. The highest BCUT2D eigenvalue weighted by Gasteiger charge is 2.05. The average molecular weight is 359 g/mol. The van der Waals surface area contributed by atoms with Crippen LogP contribution in [0.3, 0.4) is 0 Å². The topological polar surface area (TPSA) is 78.4 Å². The largest absolute Gasteiger partial charge is 0.354 e. The van der Waals surface area contributed by atoms with Crippen LogP contribution in [0, 0.1) is 0 Å². The Labute approximate surface area is 152 Å². The van der Waals surface area contributed by atoms with Gasteiger partial charge in [-0.2, -0.15) is 0 Å². The van der Waals surface area contributed by atoms with Gasteiger partial charge in [-0.25, -0.2) is 4.98 Å². The molecule has 1 aromatic heterocycles. The zero-order chi connectivity index (χ0) is 17.9. The Balaban J connectivity index is 1.64. The Morgan fingerprint density at radius 2 is 2.00 bits per heavy atom. The Bertz CT molecular complexity index is 684. The number of aliphatic imine (C=N–C) groups is 1. The standard InChI is InChI=1S/C18H25N5OS/c1-3-15-11-21-17(25-15)13-23-18(19-2)22-12-16(24)20-10-9-14-7-5-4-6-8-14/h4-8,11H,3,9-10,12-13H2,1-2H3,(H,20,24)(H2,19,22,23). The molecule has 0 aliphatic rings. The molecule has 2 rings (SSSR count). The van der Waals surface area contributed by atoms with E-state index in [1.807, 2.05) is 24.4 Å². The number of carbonyl (C=O) groups is 1. The van der Waals surface area contributed by atoms with Crippen molar-refractivity contribution in [1.29, 1.82) is 0 Å². The molecule has 6 nitrogen and oxygen atoms in total. The number of rotatable bonds is 8. The van der Waals surface area contributed by atoms with Crippen LogP contribution in [0.5, 0.6) is 0 Å². The van der Waals surface area contributed by atoms with Crippen LogP contribution in [0.4, 0.5) is 0 Å². The Morgan fingerprint density at radius 3 is 2.68 bits per heavy atom. The number of nitrogens with one attached hydrogen (secondary N) is 3. The van der Waals surface area contributed by atoms with Crippen molar-refractivity contribution < 1.29 is 4.79 Å². The molecule has 1 aromatic carbocycles. The van der Waals surface area contributed by atoms with Crippen molar-refractivity contribution in [1.82, 2.24) is 20.9 Å². The lowest BCUT2D eigenvalue weighted by molar-refractivity contribution is -0.119. The molecule has 7 heteroatoms. The molecule has 0 saturated heterocycles. The van der Waals surface area contributed by atoms with Crippen molar-refractivity contribution in [2.24, 2.45) is 4.99 Å². The Morgan fingerprint density at radius 1 is 1.20 bits per heavy atom. The van der Waals surface area contributed by atoms with Gasteiger partial charge in [-0.1, -0.05) is 37.3 Å². The van der Waals surface area contributed by atoms with E-state index in [1.165, 1.54) is 10.4 Å². The van der Waals surface area contributed by atoms with Crippen LogP contribution >= 0.6 is 11.3 Å². The number of thiazole rings is 1. The van der Waals surface area contributed by atoms with Gasteiger partial charge < -0.3 is 16.0 Å². The van der Waals surface area contributed by atoms with E-state index in [1.54, 1.807) is 18.4 Å². The van der Waals surface area contributed by atoms with E-state index < -0.39 is 0 Å². The summed E-state index contributed by atoms with van der Waals surface area (Å²) in [7, 11) is 1.68. The summed E-state index contributed by atoms with van der Waals surface area (Å²) in [4.78, 5) is 21.6. The van der Waals surface area contributed by atoms with Gasteiger partial charge in [-0.15, -0.1) is 11.3 Å². The number of hydrogen-bond donors (Lipinski definition) is 3. The lowest BCUT2D eigenvalue weighted by atomic mass is 10.1. The lowest BCUT2D eigenvalue weighted by Crippen LogP contribution is -2.43. The minimum Gasteiger partial charge on any atom is -0.354 e. The summed E-state index contributed by atoms with van der Waals surface area (Å²) in [5.41, 5.74) is 1.21. The van der Waals surface area contributed by atoms with Gasteiger partial charge in [0, 0.05) is 24.7 Å². The zero-order valence-corrected chi connectivity index (χ0v) is 15.5. The summed E-state index contributed by atoms with van der Waals surface area (Å²) in [6.45, 7) is 3.52. The van der Waals surface area contributed by atoms with Crippen molar-refractivity contribution in [3.05, 3.63) is 52.0 Å². The smallest absolute Gasteiger partial charge is 0.239 e. The molecule has 0 aliphatic heterocycles. The third kappa shape index (κ3) is 6.93. The van der Waals surface area contributed by atoms with E-state index in [0.29, 0.717) is 19.0 Å². The van der Waals surface area contributed by atoms with Crippen LogP contribution in [0.15, 0.2) is 41.5 Å². The van der Waals surface area contributed by atoms with E-state index in [2.05, 4.69) is 45.0 Å². The van der Waals surface area contributed by atoms with Gasteiger partial charge in [0.1, 0.15) is 5.01 Å². The van der Waals surface area contributed by atoms with Crippen LogP contribution in [0.1, 0.15) is 22.4 Å². The molecule has 0 unspecified atom stereocenters. The first-order valence-electron chi connectivity index (χ1n) is 8.40. The van der Waals surface area contributed by atoms with Crippen LogP contribution in [0.25, 0.3) is 0 Å². The van der Waals surface area contributed by atoms with Gasteiger partial charge >= 0.3 is 0 Å². The second kappa shape index (κ2) is 10.5. The molecule has 134 valence electrons. The molecule has 1 heterocycles. The second-order valence-corrected chi connectivity index (χ2v) is 6.64. The van der Waals surface area contributed by atoms with Gasteiger partial charge in [0.25, 0.3) is 0 Å². The summed E-state index contributed by atoms with van der Waals surface area (Å²) < 4.78 is 0. The highest BCUT2D eigenvalue weighted by Crippen LogP contribution is 2.12. The normalized spacial score (nSPS) is 11.2. The van der Waals surface area contributed by atoms with Crippen LogP contribution in [0.2, 0.25) is 0 Å². The SMILES string of the molecule is CCc1cnc(CNC(=NC)NCC(=O)NCCc2ccccc2)s1. The predicted molar refractivity (Wildman–Crippen MR) is 103 cm³/mol. The number of carbonyl (C=O) groups excluding carboxylic acids is 1. The Hall–Kier alpha value is -2.41. The van der Waals surface area contributed by atoms with Crippen LogP contribution in [-0.2, 0) is 24.2 Å². The molecule has 1 amide bonds. The van der Waals surface area contributed by atoms with Crippen LogP contribution in [-0.4, -0.2) is 37.0 Å². The maximum Gasteiger partial charge on any atom is 0.239 e. The van der Waals surface area contributed by atoms with E-state index in [0.717, 1.165) is 17.8 Å². The number of aryl methyl sites for hydroxylation is 1. The van der Waals surface area contributed by atoms with Gasteiger partial charge in [-0.05, 0) is 18.4 Å². The van der Waals surface area contributed by atoms with Gasteiger partial charge in [0.05, 0.1) is 13.1 Å². The fourth-order valence-corrected chi connectivity index (χ4v) is 2.99. The number of aromatic nitrogens is 1. The number of amides is 1. The number of nitrogens with zero attached hydrogens (tertiary/aromatic N) is 2. The van der Waals surface area contributed by atoms with E-state index >= 15 is 0 Å². The van der Waals surface area contributed by atoms with Gasteiger partial charge in [0.2, 0.25) is 5.91 Å². The molecule has 0 aliphatic carbocycles. The monoisotopic (exact) mass is 359 g/mol. The maximum atomic E-state index is 11.9. The molecule has 0 fully saturated rings. The van der Waals surface area contributed by atoms with Crippen molar-refractivity contribution in [2.75, 3.05) is 20.1 Å². The molecule has 0 atom stereocenters. The molecule has 0 radical (unpaired) electrons. The molecular weight excluding hydrogens is 334 g/mol. The molecule has 25 heavy (non-hydrogen) atoms. The Kier molecular flexibility index (Phi) is 7.91. The molecule has 3 N–H and O–H groups in total. The van der Waals surface area contributed by atoms with Crippen molar-refractivity contribution in [3.8, 4) is 0 Å². The third-order valence-electron chi connectivity index (χ3n) is 3.58. The number of benzene rings is 1. The quantitative estimate of drug-likeness (QED) is 0.495. The first-order valence-corrected chi connectivity index (χ1v) is 9.21. The fourth-order valence-electron chi connectivity index (χ4n) is 2.19. The number of guanidine groups is 1. The van der Waals surface area contributed by atoms with Crippen LogP contribution < -0.4 is 16.0 Å². The minimum absolute atomic E-state index is 0.0543. The molecule has 0 saturated carbocycles. The second-order valence-electron chi connectivity index (χ2n) is 5.44. The molecular formula is C18H25N5OS. The summed E-state index contributed by atoms with van der Waals surface area (Å²) in [5.74, 6) is 0.535. The summed E-state index contributed by atoms with van der Waals surface area (Å²) in [6, 6.07) is 10.1. The number of hydrogen-bond acceptors (Lipinski definition) is 4. The van der Waals surface area contributed by atoms with E-state index in [4.69, 9.17) is 0 Å². The highest BCUT2D eigenvalue weighted by molar-refractivity contribution is 7.11. The molecule has 0 spiro atoms. The zero-order valence-electron chi connectivity index (χ0n) is 14.7. The summed E-state index contributed by atoms with van der Waals surface area (Å²) in [6.07, 6.45) is 3.72. The predicted octanol–water partition coefficient (Wildman–Crippen LogP) is 1.73. The first kappa shape index (κ1) is 18.9. The van der Waals surface area contributed by atoms with Crippen molar-refractivity contribution in [2.45, 2.75) is 26.3 Å². The van der Waals surface area contributed by atoms with E-state index in [9.17, 15) is 4.79 Å². The maximum absolute atomic E-state index is 11.9. The van der Waals surface area contributed by atoms with Gasteiger partial charge in [-0.3, -0.25) is 9.79 Å². The fraction of sp³-hybridized carbons (Fsp3) is 0.389. The molecule has 0 bridgehead atoms. The van der Waals surface area contributed by atoms with Gasteiger partial charge in [0.15, 0.2) is 5.96 Å². The molecule has 2 aromatic rings.